The number of benzene rings is 2. The van der Waals surface area contributed by atoms with Crippen LogP contribution in [-0.4, -0.2) is 20.9 Å². The molecule has 4 aromatic rings. The summed E-state index contributed by atoms with van der Waals surface area (Å²) in [5.74, 6) is 1.75. The second-order valence-electron chi connectivity index (χ2n) is 6.61. The van der Waals surface area contributed by atoms with Crippen LogP contribution < -0.4 is 16.0 Å². The molecule has 29 heavy (non-hydrogen) atoms. The van der Waals surface area contributed by atoms with Gasteiger partial charge < -0.3 is 16.0 Å². The van der Waals surface area contributed by atoms with Crippen molar-refractivity contribution in [3.8, 4) is 0 Å². The fourth-order valence-corrected chi connectivity index (χ4v) is 2.93. The van der Waals surface area contributed by atoms with Gasteiger partial charge in [-0.1, -0.05) is 24.3 Å². The van der Waals surface area contributed by atoms with E-state index in [2.05, 4.69) is 30.9 Å². The number of amides is 1. The summed E-state index contributed by atoms with van der Waals surface area (Å²) in [6, 6.07) is 17.4. The van der Waals surface area contributed by atoms with Gasteiger partial charge in [0.15, 0.2) is 0 Å². The van der Waals surface area contributed by atoms with Crippen LogP contribution >= 0.6 is 0 Å². The molecule has 2 aromatic heterocycles. The van der Waals surface area contributed by atoms with E-state index in [9.17, 15) is 4.79 Å². The smallest absolute Gasteiger partial charge is 0.230 e. The highest BCUT2D eigenvalue weighted by Gasteiger charge is 2.08. The molecule has 0 atom stereocenters. The normalized spacial score (nSPS) is 10.6. The molecule has 4 rings (SSSR count). The molecule has 144 valence electrons. The van der Waals surface area contributed by atoms with Crippen molar-refractivity contribution in [3.63, 3.8) is 0 Å². The SMILES string of the molecule is CC(=O)Nc1ccc(Nc2nc(Nc3nccc4ccccc34)ncc2C)cc1. The molecule has 0 fully saturated rings. The molecule has 0 saturated carbocycles. The summed E-state index contributed by atoms with van der Waals surface area (Å²) in [4.78, 5) is 24.5. The Morgan fingerprint density at radius 3 is 2.41 bits per heavy atom. The molecule has 7 nitrogen and oxygen atoms in total. The summed E-state index contributed by atoms with van der Waals surface area (Å²) in [5.41, 5.74) is 2.51. The Hall–Kier alpha value is -4.00. The average Bonchev–Trinajstić information content (AvgIpc) is 2.72. The highest BCUT2D eigenvalue weighted by Crippen LogP contribution is 2.25. The van der Waals surface area contributed by atoms with Crippen LogP contribution in [0.3, 0.4) is 0 Å². The molecule has 0 aliphatic carbocycles. The molecular formula is C22H20N6O. The van der Waals surface area contributed by atoms with E-state index >= 15 is 0 Å². The number of hydrogen-bond donors (Lipinski definition) is 3. The molecule has 2 aromatic carbocycles. The average molecular weight is 384 g/mol. The molecule has 0 aliphatic heterocycles. The predicted octanol–water partition coefficient (Wildman–Crippen LogP) is 4.78. The zero-order chi connectivity index (χ0) is 20.2. The highest BCUT2D eigenvalue weighted by atomic mass is 16.1. The van der Waals surface area contributed by atoms with E-state index in [1.165, 1.54) is 6.92 Å². The number of hydrogen-bond acceptors (Lipinski definition) is 6. The topological polar surface area (TPSA) is 91.8 Å². The number of carbonyl (C=O) groups excluding carboxylic acids is 1. The summed E-state index contributed by atoms with van der Waals surface area (Å²) in [6.07, 6.45) is 3.52. The predicted molar refractivity (Wildman–Crippen MR) is 116 cm³/mol. The van der Waals surface area contributed by atoms with Gasteiger partial charge >= 0.3 is 0 Å². The minimum Gasteiger partial charge on any atom is -0.340 e. The van der Waals surface area contributed by atoms with E-state index in [1.807, 2.05) is 61.5 Å². The molecule has 2 heterocycles. The third kappa shape index (κ3) is 4.30. The zero-order valence-corrected chi connectivity index (χ0v) is 16.1. The highest BCUT2D eigenvalue weighted by molar-refractivity contribution is 5.92. The van der Waals surface area contributed by atoms with E-state index in [0.717, 1.165) is 27.7 Å². The second kappa shape index (κ2) is 7.93. The Bertz CT molecular complexity index is 1170. The number of aryl methyl sites for hydroxylation is 1. The van der Waals surface area contributed by atoms with Crippen molar-refractivity contribution < 1.29 is 4.79 Å². The quantitative estimate of drug-likeness (QED) is 0.459. The van der Waals surface area contributed by atoms with Crippen LogP contribution in [-0.2, 0) is 4.79 Å². The first-order valence-electron chi connectivity index (χ1n) is 9.17. The molecule has 0 bridgehead atoms. The first kappa shape index (κ1) is 18.4. The lowest BCUT2D eigenvalue weighted by Crippen LogP contribution is -2.06. The van der Waals surface area contributed by atoms with Gasteiger partial charge in [-0.3, -0.25) is 4.79 Å². The number of nitrogens with zero attached hydrogens (tertiary/aromatic N) is 3. The molecule has 0 unspecified atom stereocenters. The fraction of sp³-hybridized carbons (Fsp3) is 0.0909. The van der Waals surface area contributed by atoms with Crippen molar-refractivity contribution in [3.05, 3.63) is 72.6 Å². The first-order valence-corrected chi connectivity index (χ1v) is 9.17. The minimum atomic E-state index is -0.102. The van der Waals surface area contributed by atoms with Crippen molar-refractivity contribution in [1.29, 1.82) is 0 Å². The van der Waals surface area contributed by atoms with Gasteiger partial charge in [-0.05, 0) is 42.6 Å². The summed E-state index contributed by atoms with van der Waals surface area (Å²) >= 11 is 0. The summed E-state index contributed by atoms with van der Waals surface area (Å²) in [6.45, 7) is 3.42. The largest absolute Gasteiger partial charge is 0.340 e. The van der Waals surface area contributed by atoms with Crippen LogP contribution in [0.4, 0.5) is 29.0 Å². The molecule has 1 amide bonds. The maximum atomic E-state index is 11.1. The number of pyridine rings is 1. The Kier molecular flexibility index (Phi) is 5.03. The van der Waals surface area contributed by atoms with Crippen molar-refractivity contribution in [2.75, 3.05) is 16.0 Å². The lowest BCUT2D eigenvalue weighted by atomic mass is 10.1. The second-order valence-corrected chi connectivity index (χ2v) is 6.61. The van der Waals surface area contributed by atoms with Gasteiger partial charge in [0.05, 0.1) is 0 Å². The molecular weight excluding hydrogens is 364 g/mol. The van der Waals surface area contributed by atoms with E-state index in [-0.39, 0.29) is 5.91 Å². The van der Waals surface area contributed by atoms with Crippen LogP contribution in [0.25, 0.3) is 10.8 Å². The van der Waals surface area contributed by atoms with Gasteiger partial charge in [-0.25, -0.2) is 9.97 Å². The standard InChI is InChI=1S/C22H20N6O/c1-14-13-24-22(28-21-19-6-4-3-5-16(19)11-12-23-21)27-20(14)26-18-9-7-17(8-10-18)25-15(2)29/h3-13H,1-2H3,(H,25,29)(H2,23,24,26,27,28). The van der Waals surface area contributed by atoms with E-state index in [1.54, 1.807) is 12.4 Å². The maximum Gasteiger partial charge on any atom is 0.230 e. The van der Waals surface area contributed by atoms with Gasteiger partial charge in [0, 0.05) is 41.6 Å². The number of anilines is 5. The Morgan fingerprint density at radius 1 is 0.862 bits per heavy atom. The summed E-state index contributed by atoms with van der Waals surface area (Å²) in [7, 11) is 0. The maximum absolute atomic E-state index is 11.1. The zero-order valence-electron chi connectivity index (χ0n) is 16.1. The Morgan fingerprint density at radius 2 is 1.62 bits per heavy atom. The lowest BCUT2D eigenvalue weighted by Gasteiger charge is -2.12. The van der Waals surface area contributed by atoms with Gasteiger partial charge in [-0.2, -0.15) is 4.98 Å². The number of carbonyl (C=O) groups is 1. The third-order valence-electron chi connectivity index (χ3n) is 4.34. The van der Waals surface area contributed by atoms with Gasteiger partial charge in [-0.15, -0.1) is 0 Å². The van der Waals surface area contributed by atoms with Crippen LogP contribution in [0.5, 0.6) is 0 Å². The van der Waals surface area contributed by atoms with E-state index in [0.29, 0.717) is 17.6 Å². The Labute approximate surface area is 168 Å². The van der Waals surface area contributed by atoms with Crippen molar-refractivity contribution in [2.45, 2.75) is 13.8 Å². The van der Waals surface area contributed by atoms with Crippen LogP contribution in [0.1, 0.15) is 12.5 Å². The monoisotopic (exact) mass is 384 g/mol. The Balaban J connectivity index is 1.57. The molecule has 3 N–H and O–H groups in total. The number of fused-ring (bicyclic) bond motifs is 1. The summed E-state index contributed by atoms with van der Waals surface area (Å²) < 4.78 is 0. The van der Waals surface area contributed by atoms with Crippen LogP contribution in [0.15, 0.2) is 67.0 Å². The molecule has 7 heteroatoms. The van der Waals surface area contributed by atoms with Gasteiger partial charge in [0.25, 0.3) is 0 Å². The van der Waals surface area contributed by atoms with Crippen molar-refractivity contribution in [1.82, 2.24) is 15.0 Å². The number of rotatable bonds is 5. The number of aromatic nitrogens is 3. The molecule has 0 saturated heterocycles. The van der Waals surface area contributed by atoms with Crippen LogP contribution in [0.2, 0.25) is 0 Å². The van der Waals surface area contributed by atoms with E-state index in [4.69, 9.17) is 0 Å². The number of nitrogens with one attached hydrogen (secondary N) is 3. The molecule has 0 spiro atoms. The first-order chi connectivity index (χ1) is 14.1. The summed E-state index contributed by atoms with van der Waals surface area (Å²) in [5, 5.41) is 11.3. The van der Waals surface area contributed by atoms with Gasteiger partial charge in [0.1, 0.15) is 11.6 Å². The minimum absolute atomic E-state index is 0.102. The van der Waals surface area contributed by atoms with Gasteiger partial charge in [0.2, 0.25) is 11.9 Å². The lowest BCUT2D eigenvalue weighted by molar-refractivity contribution is -0.114. The van der Waals surface area contributed by atoms with E-state index < -0.39 is 0 Å². The fourth-order valence-electron chi connectivity index (χ4n) is 2.93. The molecule has 0 aliphatic rings. The van der Waals surface area contributed by atoms with Crippen LogP contribution in [0, 0.1) is 6.92 Å². The van der Waals surface area contributed by atoms with Crippen molar-refractivity contribution in [2.24, 2.45) is 0 Å². The third-order valence-corrected chi connectivity index (χ3v) is 4.34. The molecule has 0 radical (unpaired) electrons. The van der Waals surface area contributed by atoms with Crippen molar-refractivity contribution >= 4 is 45.6 Å².